The Kier molecular flexibility index (Phi) is 8.08. The summed E-state index contributed by atoms with van der Waals surface area (Å²) in [5, 5.41) is 11.7. The first-order valence-corrected chi connectivity index (χ1v) is 15.5. The molecule has 2 aromatic carbocycles. The Hall–Kier alpha value is -5.45. The molecule has 0 spiro atoms. The van der Waals surface area contributed by atoms with Gasteiger partial charge in [0.1, 0.15) is 0 Å². The number of carbonyl (C=O) groups is 4. The van der Waals surface area contributed by atoms with Gasteiger partial charge in [-0.1, -0.05) is 39.0 Å². The molecule has 6 rings (SSSR count). The lowest BCUT2D eigenvalue weighted by Gasteiger charge is -2.53. The van der Waals surface area contributed by atoms with Gasteiger partial charge in [-0.3, -0.25) is 29.5 Å². The highest BCUT2D eigenvalue weighted by molar-refractivity contribution is 6.05. The molecule has 2 bridgehead atoms. The van der Waals surface area contributed by atoms with Crippen LogP contribution in [0.25, 0.3) is 11.3 Å². The summed E-state index contributed by atoms with van der Waals surface area (Å²) in [6.45, 7) is 7.69. The van der Waals surface area contributed by atoms with Gasteiger partial charge in [0.05, 0.1) is 5.69 Å². The average molecular weight is 632 g/mol. The molecular weight excluding hydrogens is 594 g/mol. The van der Waals surface area contributed by atoms with E-state index >= 15 is 0 Å². The van der Waals surface area contributed by atoms with Crippen LogP contribution in [0.15, 0.2) is 79.3 Å². The molecule has 3 heterocycles. The molecule has 11 nitrogen and oxygen atoms in total. The zero-order valence-corrected chi connectivity index (χ0v) is 26.8. The van der Waals surface area contributed by atoms with Crippen LogP contribution in [0, 0.1) is 23.2 Å². The number of hydrogen-bond acceptors (Lipinski definition) is 8. The van der Waals surface area contributed by atoms with E-state index in [2.05, 4.69) is 36.2 Å². The summed E-state index contributed by atoms with van der Waals surface area (Å²) in [5.41, 5.74) is 2.84. The SMILES string of the molecule is Cc1ccc(NC(=O)c2ccc(CNC(=O)C3(C)CC4(C)CC(C)(C3)C(=O)NC4=O)cc2)cc1Nc1nccc(-c2ccncc2)n1. The topological polar surface area (TPSA) is 155 Å². The molecule has 4 amide bonds. The van der Waals surface area contributed by atoms with Crippen LogP contribution in [-0.2, 0) is 20.9 Å². The third kappa shape index (κ3) is 6.46. The van der Waals surface area contributed by atoms with E-state index in [1.165, 1.54) is 0 Å². The molecule has 4 N–H and O–H groups in total. The first-order valence-electron chi connectivity index (χ1n) is 15.5. The fraction of sp³-hybridized carbons (Fsp3) is 0.306. The lowest BCUT2D eigenvalue weighted by molar-refractivity contribution is -0.164. The quantitative estimate of drug-likeness (QED) is 0.191. The van der Waals surface area contributed by atoms with Crippen LogP contribution in [0.3, 0.4) is 0 Å². The number of fused-ring (bicyclic) bond motifs is 2. The molecule has 2 fully saturated rings. The Bertz CT molecular complexity index is 1850. The highest BCUT2D eigenvalue weighted by atomic mass is 16.2. The summed E-state index contributed by atoms with van der Waals surface area (Å²) in [6, 6.07) is 18.2. The Morgan fingerprint density at radius 2 is 1.53 bits per heavy atom. The van der Waals surface area contributed by atoms with Gasteiger partial charge in [-0.15, -0.1) is 0 Å². The smallest absolute Gasteiger partial charge is 0.255 e. The van der Waals surface area contributed by atoms with Crippen molar-refractivity contribution >= 4 is 41.0 Å². The maximum absolute atomic E-state index is 13.4. The van der Waals surface area contributed by atoms with E-state index in [-0.39, 0.29) is 30.2 Å². The first-order chi connectivity index (χ1) is 22.4. The van der Waals surface area contributed by atoms with Crippen molar-refractivity contribution in [3.8, 4) is 11.3 Å². The van der Waals surface area contributed by atoms with Crippen LogP contribution in [-0.4, -0.2) is 38.6 Å². The Morgan fingerprint density at radius 1 is 0.851 bits per heavy atom. The number of aromatic nitrogens is 3. The number of anilines is 3. The summed E-state index contributed by atoms with van der Waals surface area (Å²) in [7, 11) is 0. The van der Waals surface area contributed by atoms with Crippen LogP contribution < -0.4 is 21.3 Å². The van der Waals surface area contributed by atoms with Crippen molar-refractivity contribution in [3.05, 3.63) is 95.9 Å². The van der Waals surface area contributed by atoms with Gasteiger partial charge in [0.15, 0.2) is 0 Å². The highest BCUT2D eigenvalue weighted by Crippen LogP contribution is 2.56. The van der Waals surface area contributed by atoms with Crippen LogP contribution >= 0.6 is 0 Å². The van der Waals surface area contributed by atoms with E-state index in [1.54, 1.807) is 42.9 Å². The molecule has 1 aliphatic heterocycles. The van der Waals surface area contributed by atoms with Gasteiger partial charge in [-0.05, 0) is 79.8 Å². The van der Waals surface area contributed by atoms with E-state index in [4.69, 9.17) is 0 Å². The molecule has 2 aromatic heterocycles. The Morgan fingerprint density at radius 3 is 2.21 bits per heavy atom. The van der Waals surface area contributed by atoms with Gasteiger partial charge in [-0.2, -0.15) is 0 Å². The van der Waals surface area contributed by atoms with Crippen LogP contribution in [0.2, 0.25) is 0 Å². The summed E-state index contributed by atoms with van der Waals surface area (Å²) in [5.74, 6) is -0.677. The minimum absolute atomic E-state index is 0.197. The molecule has 47 heavy (non-hydrogen) atoms. The van der Waals surface area contributed by atoms with Gasteiger partial charge in [0, 0.05) is 63.9 Å². The molecule has 1 aliphatic carbocycles. The van der Waals surface area contributed by atoms with Crippen LogP contribution in [0.5, 0.6) is 0 Å². The normalized spacial score (nSPS) is 23.4. The maximum Gasteiger partial charge on any atom is 0.255 e. The largest absolute Gasteiger partial charge is 0.352 e. The second-order valence-corrected chi connectivity index (χ2v) is 13.5. The van der Waals surface area contributed by atoms with Crippen LogP contribution in [0.1, 0.15) is 61.5 Å². The van der Waals surface area contributed by atoms with E-state index in [0.717, 1.165) is 28.1 Å². The zero-order valence-electron chi connectivity index (χ0n) is 26.8. The minimum atomic E-state index is -0.870. The Balaban J connectivity index is 1.07. The average Bonchev–Trinajstić information content (AvgIpc) is 3.05. The molecule has 4 aromatic rings. The lowest BCUT2D eigenvalue weighted by Crippen LogP contribution is -2.63. The number of aryl methyl sites for hydroxylation is 1. The Labute approximate surface area is 273 Å². The van der Waals surface area contributed by atoms with E-state index in [9.17, 15) is 19.2 Å². The number of piperidine rings is 1. The van der Waals surface area contributed by atoms with Gasteiger partial charge in [-0.25, -0.2) is 9.97 Å². The first kappa shape index (κ1) is 31.5. The van der Waals surface area contributed by atoms with Crippen molar-refractivity contribution in [1.29, 1.82) is 0 Å². The van der Waals surface area contributed by atoms with Crippen molar-refractivity contribution in [1.82, 2.24) is 25.6 Å². The molecule has 1 saturated heterocycles. The molecular formula is C36H37N7O4. The summed E-state index contributed by atoms with van der Waals surface area (Å²) < 4.78 is 0. The number of pyridine rings is 1. The number of imide groups is 1. The highest BCUT2D eigenvalue weighted by Gasteiger charge is 2.60. The van der Waals surface area contributed by atoms with Gasteiger partial charge < -0.3 is 16.0 Å². The number of nitrogens with one attached hydrogen (secondary N) is 4. The van der Waals surface area contributed by atoms with Gasteiger partial charge in [0.25, 0.3) is 5.91 Å². The predicted octanol–water partition coefficient (Wildman–Crippen LogP) is 5.32. The maximum atomic E-state index is 13.4. The summed E-state index contributed by atoms with van der Waals surface area (Å²) >= 11 is 0. The van der Waals surface area contributed by atoms with E-state index in [0.29, 0.717) is 36.5 Å². The minimum Gasteiger partial charge on any atom is -0.352 e. The van der Waals surface area contributed by atoms with Crippen molar-refractivity contribution in [2.24, 2.45) is 16.2 Å². The molecule has 2 atom stereocenters. The number of carbonyl (C=O) groups excluding carboxylic acids is 4. The molecule has 2 aliphatic rings. The molecule has 2 unspecified atom stereocenters. The van der Waals surface area contributed by atoms with E-state index in [1.807, 2.05) is 64.1 Å². The second-order valence-electron chi connectivity index (χ2n) is 13.5. The number of hydrogen-bond donors (Lipinski definition) is 4. The van der Waals surface area contributed by atoms with Gasteiger partial charge in [0.2, 0.25) is 23.7 Å². The van der Waals surface area contributed by atoms with Crippen molar-refractivity contribution in [3.63, 3.8) is 0 Å². The van der Waals surface area contributed by atoms with Crippen molar-refractivity contribution in [2.45, 2.75) is 53.5 Å². The number of amides is 4. The van der Waals surface area contributed by atoms with Gasteiger partial charge >= 0.3 is 0 Å². The fourth-order valence-corrected chi connectivity index (χ4v) is 7.09. The number of nitrogens with zero attached hydrogens (tertiary/aromatic N) is 3. The third-order valence-electron chi connectivity index (χ3n) is 9.26. The predicted molar refractivity (Wildman–Crippen MR) is 177 cm³/mol. The third-order valence-corrected chi connectivity index (χ3v) is 9.26. The van der Waals surface area contributed by atoms with Crippen molar-refractivity contribution < 1.29 is 19.2 Å². The lowest BCUT2D eigenvalue weighted by atomic mass is 9.52. The monoisotopic (exact) mass is 631 g/mol. The molecule has 11 heteroatoms. The van der Waals surface area contributed by atoms with Crippen LogP contribution in [0.4, 0.5) is 17.3 Å². The molecule has 1 saturated carbocycles. The fourth-order valence-electron chi connectivity index (χ4n) is 7.09. The zero-order chi connectivity index (χ0) is 33.4. The summed E-state index contributed by atoms with van der Waals surface area (Å²) in [6.07, 6.45) is 6.27. The molecule has 0 radical (unpaired) electrons. The number of benzene rings is 2. The standard InChI is InChI=1S/C36H37N7O4/c1-22-5-10-26(17-28(22)42-33-38-16-13-27(41-33)24-11-14-37-15-12-24)40-29(44)25-8-6-23(7-9-25)18-39-30(45)34(2)19-35(3)21-36(4,20-34)32(47)43-31(35)46/h5-17H,18-21H2,1-4H3,(H,39,45)(H,40,44)(H,38,41,42)(H,43,46,47). The molecule has 240 valence electrons. The summed E-state index contributed by atoms with van der Waals surface area (Å²) in [4.78, 5) is 64.8. The second kappa shape index (κ2) is 12.1. The van der Waals surface area contributed by atoms with E-state index < -0.39 is 16.2 Å². The van der Waals surface area contributed by atoms with Crippen molar-refractivity contribution in [2.75, 3.05) is 10.6 Å². The number of rotatable bonds is 8.